The Hall–Kier alpha value is -3.53. The fraction of sp³-hybridized carbons (Fsp3) is 0.238. The van der Waals surface area contributed by atoms with E-state index in [0.717, 1.165) is 23.1 Å². The Kier molecular flexibility index (Phi) is 7.50. The molecule has 162 valence electrons. The zero-order valence-corrected chi connectivity index (χ0v) is 17.7. The van der Waals surface area contributed by atoms with E-state index in [1.165, 1.54) is 6.21 Å². The number of nitrogens with zero attached hydrogens (tertiary/aromatic N) is 2. The van der Waals surface area contributed by atoms with Gasteiger partial charge in [0, 0.05) is 0 Å². The number of carbonyl (C=O) groups excluding carboxylic acids is 1. The number of nitrogens with one attached hydrogen (secondary N) is 1. The number of carboxylic acids is 1. The van der Waals surface area contributed by atoms with Crippen LogP contribution in [0.2, 0.25) is 0 Å². The van der Waals surface area contributed by atoms with E-state index in [1.807, 2.05) is 24.3 Å². The second kappa shape index (κ2) is 10.5. The lowest BCUT2D eigenvalue weighted by atomic mass is 10.2. The van der Waals surface area contributed by atoms with E-state index in [1.54, 1.807) is 32.4 Å². The maximum absolute atomic E-state index is 11.7. The van der Waals surface area contributed by atoms with E-state index in [9.17, 15) is 9.59 Å². The molecule has 1 atom stereocenters. The van der Waals surface area contributed by atoms with E-state index in [4.69, 9.17) is 19.3 Å². The fourth-order valence-electron chi connectivity index (χ4n) is 2.70. The summed E-state index contributed by atoms with van der Waals surface area (Å²) < 4.78 is 16.5. The molecule has 2 aromatic carbocycles. The van der Waals surface area contributed by atoms with E-state index in [2.05, 4.69) is 15.5 Å². The van der Waals surface area contributed by atoms with Crippen LogP contribution in [0.3, 0.4) is 0 Å². The second-order valence-electron chi connectivity index (χ2n) is 6.39. The van der Waals surface area contributed by atoms with Crippen LogP contribution in [-0.4, -0.2) is 47.8 Å². The highest BCUT2D eigenvalue weighted by Gasteiger charge is 2.32. The molecule has 0 saturated carbocycles. The zero-order chi connectivity index (χ0) is 22.2. The molecule has 3 rings (SSSR count). The first-order chi connectivity index (χ1) is 15.0. The number of carbonyl (C=O) groups is 2. The quantitative estimate of drug-likeness (QED) is 0.452. The minimum atomic E-state index is -1.04. The van der Waals surface area contributed by atoms with E-state index in [-0.39, 0.29) is 17.5 Å². The van der Waals surface area contributed by atoms with Gasteiger partial charge in [0.05, 0.1) is 26.9 Å². The predicted molar refractivity (Wildman–Crippen MR) is 117 cm³/mol. The molecule has 31 heavy (non-hydrogen) atoms. The minimum Gasteiger partial charge on any atom is -0.497 e. The summed E-state index contributed by atoms with van der Waals surface area (Å²) in [7, 11) is 3.16. The van der Waals surface area contributed by atoms with Crippen molar-refractivity contribution < 1.29 is 28.9 Å². The van der Waals surface area contributed by atoms with Crippen LogP contribution in [-0.2, 0) is 16.2 Å². The molecule has 1 saturated heterocycles. The maximum atomic E-state index is 11.7. The van der Waals surface area contributed by atoms with Crippen molar-refractivity contribution >= 4 is 35.0 Å². The average molecular weight is 443 g/mol. The summed E-state index contributed by atoms with van der Waals surface area (Å²) in [6, 6.07) is 12.9. The van der Waals surface area contributed by atoms with Crippen molar-refractivity contribution in [2.24, 2.45) is 10.2 Å². The highest BCUT2D eigenvalue weighted by molar-refractivity contribution is 8.15. The van der Waals surface area contributed by atoms with Gasteiger partial charge in [-0.05, 0) is 41.5 Å². The van der Waals surface area contributed by atoms with Crippen LogP contribution in [0.1, 0.15) is 17.5 Å². The third-order valence-electron chi connectivity index (χ3n) is 4.21. The van der Waals surface area contributed by atoms with Gasteiger partial charge >= 0.3 is 5.97 Å². The molecular formula is C21H21N3O6S. The number of benzene rings is 2. The maximum Gasteiger partial charge on any atom is 0.305 e. The molecule has 1 aliphatic heterocycles. The van der Waals surface area contributed by atoms with Crippen molar-refractivity contribution in [1.29, 1.82) is 0 Å². The van der Waals surface area contributed by atoms with Crippen LogP contribution >= 0.6 is 11.8 Å². The number of hydrogen-bond acceptors (Lipinski definition) is 8. The Morgan fingerprint density at radius 3 is 2.77 bits per heavy atom. The molecule has 2 aromatic rings. The normalized spacial score (nSPS) is 17.0. The van der Waals surface area contributed by atoms with Gasteiger partial charge in [0.15, 0.2) is 16.7 Å². The van der Waals surface area contributed by atoms with E-state index >= 15 is 0 Å². The first-order valence-corrected chi connectivity index (χ1v) is 10.1. The Balaban J connectivity index is 1.63. The molecule has 2 N–H and O–H groups in total. The van der Waals surface area contributed by atoms with Gasteiger partial charge in [0.2, 0.25) is 5.91 Å². The van der Waals surface area contributed by atoms with Crippen LogP contribution in [0.15, 0.2) is 52.7 Å². The van der Waals surface area contributed by atoms with Crippen LogP contribution in [0, 0.1) is 0 Å². The Morgan fingerprint density at radius 1 is 1.19 bits per heavy atom. The zero-order valence-electron chi connectivity index (χ0n) is 16.9. The Labute approximate surface area is 183 Å². The second-order valence-corrected chi connectivity index (χ2v) is 7.59. The number of amidine groups is 1. The van der Waals surface area contributed by atoms with Crippen LogP contribution in [0.25, 0.3) is 0 Å². The Morgan fingerprint density at radius 2 is 2.03 bits per heavy atom. The van der Waals surface area contributed by atoms with Gasteiger partial charge in [0.1, 0.15) is 17.6 Å². The fourth-order valence-corrected chi connectivity index (χ4v) is 3.62. The number of hydrogen-bond donors (Lipinski definition) is 2. The van der Waals surface area contributed by atoms with Crippen molar-refractivity contribution in [3.05, 3.63) is 53.6 Å². The summed E-state index contributed by atoms with van der Waals surface area (Å²) in [5.41, 5.74) is 1.67. The predicted octanol–water partition coefficient (Wildman–Crippen LogP) is 2.68. The first kappa shape index (κ1) is 22.2. The summed E-state index contributed by atoms with van der Waals surface area (Å²) >= 11 is 1.04. The van der Waals surface area contributed by atoms with Gasteiger partial charge in [-0.25, -0.2) is 0 Å². The van der Waals surface area contributed by atoms with E-state index < -0.39 is 11.2 Å². The van der Waals surface area contributed by atoms with Crippen molar-refractivity contribution in [3.8, 4) is 17.2 Å². The van der Waals surface area contributed by atoms with Gasteiger partial charge in [-0.3, -0.25) is 9.59 Å². The molecule has 0 spiro atoms. The van der Waals surface area contributed by atoms with Gasteiger partial charge in [-0.2, -0.15) is 5.10 Å². The lowest BCUT2D eigenvalue weighted by Crippen LogP contribution is -2.26. The monoisotopic (exact) mass is 443 g/mol. The molecule has 10 heteroatoms. The summed E-state index contributed by atoms with van der Waals surface area (Å²) in [5.74, 6) is 0.430. The minimum absolute atomic E-state index is 0.262. The SMILES string of the molecule is COc1cccc(COc2ccc(C=NN=C3NC(=O)C(CC(=O)O)S3)cc2OC)c1. The lowest BCUT2D eigenvalue weighted by molar-refractivity contribution is -0.138. The first-order valence-electron chi connectivity index (χ1n) is 9.22. The van der Waals surface area contributed by atoms with Gasteiger partial charge < -0.3 is 24.6 Å². The molecule has 1 aliphatic rings. The number of ether oxygens (including phenoxy) is 3. The third-order valence-corrected chi connectivity index (χ3v) is 5.28. The number of rotatable bonds is 9. The molecular weight excluding hydrogens is 422 g/mol. The summed E-state index contributed by atoms with van der Waals surface area (Å²) in [5, 5.41) is 18.8. The molecule has 1 amide bonds. The summed E-state index contributed by atoms with van der Waals surface area (Å²) in [6.45, 7) is 0.350. The van der Waals surface area contributed by atoms with Crippen LogP contribution in [0.4, 0.5) is 0 Å². The van der Waals surface area contributed by atoms with Crippen molar-refractivity contribution in [2.45, 2.75) is 18.3 Å². The molecule has 9 nitrogen and oxygen atoms in total. The molecule has 1 heterocycles. The number of amides is 1. The van der Waals surface area contributed by atoms with Crippen molar-refractivity contribution in [3.63, 3.8) is 0 Å². The topological polar surface area (TPSA) is 119 Å². The molecule has 0 aliphatic carbocycles. The molecule has 1 fully saturated rings. The molecule has 0 bridgehead atoms. The molecule has 0 aromatic heterocycles. The highest BCUT2D eigenvalue weighted by atomic mass is 32.2. The number of thioether (sulfide) groups is 1. The van der Waals surface area contributed by atoms with Gasteiger partial charge in [-0.15, -0.1) is 5.10 Å². The van der Waals surface area contributed by atoms with Gasteiger partial charge in [-0.1, -0.05) is 23.9 Å². The van der Waals surface area contributed by atoms with Crippen molar-refractivity contribution in [1.82, 2.24) is 5.32 Å². The van der Waals surface area contributed by atoms with Gasteiger partial charge in [0.25, 0.3) is 0 Å². The Bertz CT molecular complexity index is 1020. The smallest absolute Gasteiger partial charge is 0.305 e. The molecule has 1 unspecified atom stereocenters. The number of carboxylic acid groups (broad SMARTS) is 1. The average Bonchev–Trinajstić information content (AvgIpc) is 3.11. The standard InChI is InChI=1S/C21H21N3O6S/c1-28-15-5-3-4-14(8-15)12-30-16-7-6-13(9-17(16)29-2)11-22-24-21-23-20(27)18(31-21)10-19(25)26/h3-9,11,18H,10,12H2,1-2H3,(H,25,26)(H,23,24,27). The summed E-state index contributed by atoms with van der Waals surface area (Å²) in [4.78, 5) is 22.5. The van der Waals surface area contributed by atoms with Crippen molar-refractivity contribution in [2.75, 3.05) is 14.2 Å². The lowest BCUT2D eigenvalue weighted by Gasteiger charge is -2.11. The molecule has 0 radical (unpaired) electrons. The van der Waals surface area contributed by atoms with Crippen LogP contribution in [0.5, 0.6) is 17.2 Å². The number of aliphatic carboxylic acids is 1. The number of methoxy groups -OCH3 is 2. The largest absolute Gasteiger partial charge is 0.497 e. The highest BCUT2D eigenvalue weighted by Crippen LogP contribution is 2.29. The van der Waals surface area contributed by atoms with Crippen LogP contribution < -0.4 is 19.5 Å². The summed E-state index contributed by atoms with van der Waals surface area (Å²) in [6.07, 6.45) is 1.23. The van der Waals surface area contributed by atoms with E-state index in [0.29, 0.717) is 23.7 Å². The third kappa shape index (κ3) is 6.22.